The zero-order valence-electron chi connectivity index (χ0n) is 15.7. The molecule has 0 unspecified atom stereocenters. The van der Waals surface area contributed by atoms with E-state index in [9.17, 15) is 19.4 Å². The quantitative estimate of drug-likeness (QED) is 0.333. The largest absolute Gasteiger partial charge is 0.507 e. The number of hydrogen-bond donors (Lipinski definition) is 2. The van der Waals surface area contributed by atoms with Gasteiger partial charge in [-0.1, -0.05) is 35.0 Å². The predicted octanol–water partition coefficient (Wildman–Crippen LogP) is 3.46. The average Bonchev–Trinajstić information content (AvgIpc) is 3.39. The second kappa shape index (κ2) is 9.28. The lowest BCUT2D eigenvalue weighted by Gasteiger charge is -2.17. The van der Waals surface area contributed by atoms with E-state index in [1.807, 2.05) is 6.08 Å². The molecule has 0 saturated carbocycles. The standard InChI is InChI=1S/C20H21ClFNO6/c1-11-8-17-16(29-17)5-3-2-4-12(23-27-7-6-22)9-13-18(20(26)28-11)14(24)10-15(25)19(13)21/h2-5,10-11,16-17,24-25H,6-9H2,1H3/b4-2+,5-3-,23-12?/t11-,16-,17-/m1/s1/i22-1. The van der Waals surface area contributed by atoms with E-state index in [4.69, 9.17) is 25.9 Å². The summed E-state index contributed by atoms with van der Waals surface area (Å²) >= 11 is 6.21. The number of aromatic hydroxyl groups is 2. The van der Waals surface area contributed by atoms with Crippen molar-refractivity contribution in [3.8, 4) is 11.5 Å². The monoisotopic (exact) mass is 424 g/mol. The summed E-state index contributed by atoms with van der Waals surface area (Å²) < 4.78 is 23.3. The molecule has 1 saturated heterocycles. The van der Waals surface area contributed by atoms with Gasteiger partial charge in [0.05, 0.1) is 16.8 Å². The van der Waals surface area contributed by atoms with Crippen molar-refractivity contribution in [3.05, 3.63) is 46.5 Å². The average molecular weight is 425 g/mol. The van der Waals surface area contributed by atoms with Crippen molar-refractivity contribution in [1.82, 2.24) is 0 Å². The minimum Gasteiger partial charge on any atom is -0.507 e. The summed E-state index contributed by atoms with van der Waals surface area (Å²) in [4.78, 5) is 17.7. The van der Waals surface area contributed by atoms with E-state index in [-0.39, 0.29) is 41.4 Å². The molecule has 2 aliphatic heterocycles. The molecule has 0 amide bonds. The number of ether oxygens (including phenoxy) is 2. The van der Waals surface area contributed by atoms with Crippen LogP contribution in [0.25, 0.3) is 0 Å². The summed E-state index contributed by atoms with van der Waals surface area (Å²) in [5.41, 5.74) is 0.240. The first-order valence-electron chi connectivity index (χ1n) is 9.10. The molecular weight excluding hydrogens is 404 g/mol. The molecule has 29 heavy (non-hydrogen) atoms. The van der Waals surface area contributed by atoms with Crippen molar-refractivity contribution in [1.29, 1.82) is 0 Å². The predicted molar refractivity (Wildman–Crippen MR) is 104 cm³/mol. The highest BCUT2D eigenvalue weighted by Gasteiger charge is 2.38. The maximum absolute atomic E-state index is 12.7. The van der Waals surface area contributed by atoms with Crippen LogP contribution in [0.5, 0.6) is 11.5 Å². The number of hydrogen-bond acceptors (Lipinski definition) is 7. The van der Waals surface area contributed by atoms with E-state index in [0.717, 1.165) is 6.07 Å². The van der Waals surface area contributed by atoms with Crippen molar-refractivity contribution in [2.75, 3.05) is 13.3 Å². The zero-order chi connectivity index (χ0) is 21.0. The molecule has 0 spiro atoms. The van der Waals surface area contributed by atoms with Crippen molar-refractivity contribution in [2.24, 2.45) is 5.16 Å². The lowest BCUT2D eigenvalue weighted by Crippen LogP contribution is -2.20. The fourth-order valence-electron chi connectivity index (χ4n) is 3.02. The molecule has 1 fully saturated rings. The number of oxime groups is 1. The second-order valence-electron chi connectivity index (χ2n) is 6.70. The number of esters is 1. The van der Waals surface area contributed by atoms with E-state index >= 15 is 0 Å². The third kappa shape index (κ3) is 5.27. The zero-order valence-corrected chi connectivity index (χ0v) is 16.4. The molecule has 0 aromatic heterocycles. The van der Waals surface area contributed by atoms with Gasteiger partial charge in [-0.3, -0.25) is 0 Å². The molecule has 0 bridgehead atoms. The van der Waals surface area contributed by atoms with Crippen LogP contribution in [0.1, 0.15) is 29.3 Å². The van der Waals surface area contributed by atoms with Gasteiger partial charge in [-0.2, -0.15) is 0 Å². The van der Waals surface area contributed by atoms with E-state index < -0.39 is 30.2 Å². The Bertz CT molecular complexity index is 869. The summed E-state index contributed by atoms with van der Waals surface area (Å²) in [7, 11) is 0. The third-order valence-electron chi connectivity index (χ3n) is 4.43. The van der Waals surface area contributed by atoms with E-state index in [1.54, 1.807) is 25.2 Å². The van der Waals surface area contributed by atoms with Crippen LogP contribution in [-0.2, 0) is 20.7 Å². The van der Waals surface area contributed by atoms with E-state index in [0.29, 0.717) is 12.1 Å². The summed E-state index contributed by atoms with van der Waals surface area (Å²) in [5.74, 6) is -1.66. The summed E-state index contributed by atoms with van der Waals surface area (Å²) in [6.07, 6.45) is 6.75. The number of halogens is 2. The molecule has 2 heterocycles. The van der Waals surface area contributed by atoms with Crippen LogP contribution >= 0.6 is 11.6 Å². The number of phenolic OH excluding ortho intramolecular Hbond substituents is 2. The molecule has 1 aromatic carbocycles. The number of carbonyl (C=O) groups is 1. The molecule has 2 N–H and O–H groups in total. The van der Waals surface area contributed by atoms with Gasteiger partial charge in [-0.05, 0) is 18.6 Å². The summed E-state index contributed by atoms with van der Waals surface area (Å²) in [6, 6.07) is 0.977. The highest BCUT2D eigenvalue weighted by atomic mass is 35.5. The fraction of sp³-hybridized carbons (Fsp3) is 0.400. The minimum atomic E-state index is -0.787. The van der Waals surface area contributed by atoms with Crippen molar-refractivity contribution >= 4 is 23.3 Å². The molecule has 3 rings (SSSR count). The SMILES string of the molecule is C[C@@H]1C[C@H]2O[C@@H]2/C=C\C=C\C(=NOCC[18F])Cc2c(Cl)c(O)cc(O)c2C(=O)O1. The fourth-order valence-corrected chi connectivity index (χ4v) is 3.23. The van der Waals surface area contributed by atoms with Gasteiger partial charge in [0, 0.05) is 18.9 Å². The lowest BCUT2D eigenvalue weighted by molar-refractivity contribution is 0.0306. The number of benzene rings is 1. The Morgan fingerprint density at radius 2 is 2.14 bits per heavy atom. The van der Waals surface area contributed by atoms with Crippen LogP contribution < -0.4 is 0 Å². The molecule has 0 radical (unpaired) electrons. The van der Waals surface area contributed by atoms with Crippen LogP contribution in [-0.4, -0.2) is 53.5 Å². The van der Waals surface area contributed by atoms with Gasteiger partial charge >= 0.3 is 5.97 Å². The number of alkyl halides is 1. The number of allylic oxidation sites excluding steroid dienone is 3. The second-order valence-corrected chi connectivity index (χ2v) is 7.08. The van der Waals surface area contributed by atoms with Gasteiger partial charge in [0.25, 0.3) is 0 Å². The number of carbonyl (C=O) groups excluding carboxylic acids is 1. The Hall–Kier alpha value is -2.58. The van der Waals surface area contributed by atoms with Crippen molar-refractivity contribution < 1.29 is 33.7 Å². The number of nitrogens with zero attached hydrogens (tertiary/aromatic N) is 1. The van der Waals surface area contributed by atoms with Crippen LogP contribution in [0.2, 0.25) is 5.02 Å². The Morgan fingerprint density at radius 3 is 2.90 bits per heavy atom. The Kier molecular flexibility index (Phi) is 6.76. The van der Waals surface area contributed by atoms with Crippen LogP contribution in [0.4, 0.5) is 4.39 Å². The first-order valence-corrected chi connectivity index (χ1v) is 9.48. The Balaban J connectivity index is 2.03. The first-order chi connectivity index (χ1) is 13.9. The molecular formula is C20H21ClFNO6. The van der Waals surface area contributed by atoms with Crippen molar-refractivity contribution in [3.63, 3.8) is 0 Å². The smallest absolute Gasteiger partial charge is 0.342 e. The van der Waals surface area contributed by atoms with Gasteiger partial charge in [0.2, 0.25) is 0 Å². The number of rotatable bonds is 3. The van der Waals surface area contributed by atoms with Gasteiger partial charge in [-0.25, -0.2) is 9.18 Å². The maximum Gasteiger partial charge on any atom is 0.342 e. The summed E-state index contributed by atoms with van der Waals surface area (Å²) in [6.45, 7) is 0.767. The van der Waals surface area contributed by atoms with Gasteiger partial charge in [0.15, 0.2) is 0 Å². The molecule has 9 heteroatoms. The van der Waals surface area contributed by atoms with Crippen molar-refractivity contribution in [2.45, 2.75) is 38.1 Å². The topological polar surface area (TPSA) is 101 Å². The normalized spacial score (nSPS) is 27.9. The summed E-state index contributed by atoms with van der Waals surface area (Å²) in [5, 5.41) is 24.0. The number of epoxide rings is 1. The maximum atomic E-state index is 12.7. The van der Waals surface area contributed by atoms with E-state index in [1.165, 1.54) is 0 Å². The molecule has 0 aliphatic carbocycles. The molecule has 3 atom stereocenters. The molecule has 1 aromatic rings. The van der Waals surface area contributed by atoms with E-state index in [2.05, 4.69) is 5.16 Å². The first kappa shape index (κ1) is 21.1. The Morgan fingerprint density at radius 1 is 1.34 bits per heavy atom. The number of phenols is 2. The number of cyclic esters (lactones) is 1. The highest BCUT2D eigenvalue weighted by Crippen LogP contribution is 2.38. The van der Waals surface area contributed by atoms with Gasteiger partial charge < -0.3 is 24.5 Å². The van der Waals surface area contributed by atoms with Gasteiger partial charge in [0.1, 0.15) is 42.6 Å². The van der Waals surface area contributed by atoms with Gasteiger partial charge in [-0.15, -0.1) is 0 Å². The number of fused-ring (bicyclic) bond motifs is 2. The molecule has 2 aliphatic rings. The van der Waals surface area contributed by atoms with Crippen LogP contribution in [0.3, 0.4) is 0 Å². The minimum absolute atomic E-state index is 0.0668. The van der Waals surface area contributed by atoms with Crippen LogP contribution in [0.15, 0.2) is 35.5 Å². The molecule has 156 valence electrons. The Labute approximate surface area is 172 Å². The van der Waals surface area contributed by atoms with Crippen LogP contribution in [0, 0.1) is 0 Å². The highest BCUT2D eigenvalue weighted by molar-refractivity contribution is 6.33. The lowest BCUT2D eigenvalue weighted by atomic mass is 9.99. The molecule has 7 nitrogen and oxygen atoms in total. The third-order valence-corrected chi connectivity index (χ3v) is 4.85.